The first kappa shape index (κ1) is 70.0. The number of fused-ring (bicyclic) bond motifs is 1. The van der Waals surface area contributed by atoms with Gasteiger partial charge >= 0.3 is 32.4 Å². The second kappa shape index (κ2) is 30.9. The lowest BCUT2D eigenvalue weighted by molar-refractivity contribution is -0.136. The lowest BCUT2D eigenvalue weighted by Crippen LogP contribution is -2.41. The van der Waals surface area contributed by atoms with Crippen molar-refractivity contribution in [3.05, 3.63) is 127 Å². The van der Waals surface area contributed by atoms with Crippen molar-refractivity contribution in [3.63, 3.8) is 0 Å². The SMILES string of the molecule is C.CC1(C)OB(c2cccc(C(CNC(=O)OCC[Si](C)(C)C)C(=O)Nc3ccc4cnccc4c3)c2)OC1(C)C.CC1(C)OB(c2cccc(C(CNC(=O)OCC[Si](C)(C)C)C(=O)Oc3ccccc3)c2)OC1(C)C.CF.FI. The summed E-state index contributed by atoms with van der Waals surface area (Å²) >= 11 is 0.650. The van der Waals surface area contributed by atoms with Gasteiger partial charge in [-0.15, -0.1) is 0 Å². The first-order chi connectivity index (χ1) is 37.5. The Morgan fingerprint density at radius 2 is 1.04 bits per heavy atom. The second-order valence-electron chi connectivity index (χ2n) is 23.9. The molecule has 5 aromatic rings. The van der Waals surface area contributed by atoms with Crippen LogP contribution < -0.4 is 31.6 Å². The molecule has 0 bridgehead atoms. The van der Waals surface area contributed by atoms with Crippen molar-refractivity contribution in [3.8, 4) is 5.75 Å². The van der Waals surface area contributed by atoms with Gasteiger partial charge in [-0.25, -0.2) is 9.59 Å². The molecule has 2 fully saturated rings. The van der Waals surface area contributed by atoms with Crippen molar-refractivity contribution in [2.24, 2.45) is 0 Å². The number of pyridine rings is 1. The summed E-state index contributed by atoms with van der Waals surface area (Å²) in [6.07, 6.45) is 2.42. The summed E-state index contributed by atoms with van der Waals surface area (Å²) in [5.41, 5.74) is 1.73. The van der Waals surface area contributed by atoms with Crippen LogP contribution in [0.3, 0.4) is 0 Å². The van der Waals surface area contributed by atoms with Crippen LogP contribution in [-0.4, -0.2) is 115 Å². The number of alkyl halides is 1. The molecule has 0 aliphatic carbocycles. The van der Waals surface area contributed by atoms with Gasteiger partial charge in [0.1, 0.15) is 5.75 Å². The predicted octanol–water partition coefficient (Wildman–Crippen LogP) is 12.6. The van der Waals surface area contributed by atoms with Crippen LogP contribution in [0.25, 0.3) is 10.8 Å². The van der Waals surface area contributed by atoms with E-state index in [4.69, 9.17) is 32.8 Å². The average molecular weight is 1270 g/mol. The maximum atomic E-state index is 13.7. The maximum absolute atomic E-state index is 13.7. The zero-order valence-corrected chi connectivity index (χ0v) is 53.3. The highest BCUT2D eigenvalue weighted by atomic mass is 127. The van der Waals surface area contributed by atoms with Crippen molar-refractivity contribution in [2.75, 3.05) is 38.8 Å². The topological polar surface area (TPSA) is 182 Å². The number of esters is 1. The van der Waals surface area contributed by atoms with Crippen LogP contribution in [0.15, 0.2) is 116 Å². The summed E-state index contributed by atoms with van der Waals surface area (Å²) in [6.45, 7) is 30.2. The lowest BCUT2D eigenvalue weighted by atomic mass is 9.77. The number of carbonyl (C=O) groups is 4. The van der Waals surface area contributed by atoms with E-state index in [-0.39, 0.29) is 26.4 Å². The first-order valence-electron chi connectivity index (χ1n) is 26.7. The number of nitrogens with one attached hydrogen (secondary N) is 3. The molecule has 0 saturated carbocycles. The summed E-state index contributed by atoms with van der Waals surface area (Å²) in [5, 5.41) is 10.5. The van der Waals surface area contributed by atoms with Gasteiger partial charge in [0.15, 0.2) is 23.2 Å². The fraction of sp³-hybridized carbons (Fsp3) is 0.475. The Kier molecular flexibility index (Phi) is 26.7. The molecular weight excluding hydrogens is 1180 g/mol. The molecule has 2 aliphatic heterocycles. The minimum atomic E-state index is -1.34. The van der Waals surface area contributed by atoms with Crippen molar-refractivity contribution in [1.29, 1.82) is 0 Å². The van der Waals surface area contributed by atoms with Gasteiger partial charge in [0.05, 0.1) is 54.6 Å². The van der Waals surface area contributed by atoms with Crippen LogP contribution in [0.1, 0.15) is 85.8 Å². The zero-order chi connectivity index (χ0) is 59.7. The lowest BCUT2D eigenvalue weighted by Gasteiger charge is -2.32. The molecule has 1 aromatic heterocycles. The van der Waals surface area contributed by atoms with Crippen LogP contribution in [0.2, 0.25) is 51.4 Å². The number of aromatic nitrogens is 1. The molecule has 2 atom stereocenters. The van der Waals surface area contributed by atoms with Gasteiger partial charge in [0.2, 0.25) is 5.91 Å². The summed E-state index contributed by atoms with van der Waals surface area (Å²) in [7, 11) is -3.30. The molecule has 22 heteroatoms. The molecule has 2 unspecified atom stereocenters. The van der Waals surface area contributed by atoms with E-state index in [2.05, 4.69) is 60.2 Å². The Morgan fingerprint density at radius 3 is 1.49 bits per heavy atom. The summed E-state index contributed by atoms with van der Waals surface area (Å²) < 4.78 is 60.2. The maximum Gasteiger partial charge on any atom is 0.494 e. The Balaban J connectivity index is 0.000000398. The van der Waals surface area contributed by atoms with Crippen LogP contribution >= 0.6 is 23.2 Å². The monoisotopic (exact) mass is 1270 g/mol. The molecule has 7 rings (SSSR count). The third kappa shape index (κ3) is 21.2. The average Bonchev–Trinajstić information content (AvgIpc) is 4.04. The molecule has 0 radical (unpaired) electrons. The second-order valence-corrected chi connectivity index (χ2v) is 35.2. The minimum Gasteiger partial charge on any atom is -0.450 e. The first-order valence-corrected chi connectivity index (χ1v) is 34.9. The van der Waals surface area contributed by atoms with Gasteiger partial charge in [0, 0.05) is 52.7 Å². The van der Waals surface area contributed by atoms with Crippen molar-refractivity contribution >= 4 is 105 Å². The number of alkyl carbamates (subject to hydrolysis) is 2. The number of rotatable bonds is 18. The van der Waals surface area contributed by atoms with Gasteiger partial charge < -0.3 is 48.8 Å². The van der Waals surface area contributed by atoms with Gasteiger partial charge in [0.25, 0.3) is 0 Å². The standard InChI is InChI=1S/C30H40BN3O5Si.C27H38BNO6Si.CH3F.CH4.FI/c1-29(2)30(3,4)39-31(38-29)24-10-8-9-22(17-24)26(20-33-28(36)37-15-16-40(5,6)7)27(35)34-25-12-11-23-19-32-14-13-21(23)18-25;1-26(2)27(3,4)35-28(34-26)21-13-11-12-20(18-21)23(24(30)33-22-14-9-8-10-15-22)19-29-25(31)32-16-17-36(5,6)7;1-2;;1-2/h8-14,17-19,26H,15-16,20H2,1-7H3,(H,33,36)(H,34,35);8-15,18,23H,16-17,19H2,1-7H3,(H,29,31);1H3;1H4;. The number of carbonyl (C=O) groups excluding carboxylic acids is 4. The summed E-state index contributed by atoms with van der Waals surface area (Å²) in [6, 6.07) is 33.2. The highest BCUT2D eigenvalue weighted by Crippen LogP contribution is 2.38. The molecular formula is C59H85B2F2IN4O11Si2. The Labute approximate surface area is 496 Å². The van der Waals surface area contributed by atoms with E-state index >= 15 is 0 Å². The van der Waals surface area contributed by atoms with Crippen molar-refractivity contribution in [2.45, 2.75) is 148 Å². The normalized spacial score (nSPS) is 16.2. The molecule has 0 spiro atoms. The molecule has 442 valence electrons. The van der Waals surface area contributed by atoms with Crippen LogP contribution in [0.5, 0.6) is 5.75 Å². The van der Waals surface area contributed by atoms with Crippen molar-refractivity contribution < 1.29 is 59.3 Å². The highest BCUT2D eigenvalue weighted by Gasteiger charge is 2.53. The van der Waals surface area contributed by atoms with E-state index in [0.29, 0.717) is 60.6 Å². The fourth-order valence-corrected chi connectivity index (χ4v) is 9.37. The molecule has 81 heavy (non-hydrogen) atoms. The smallest absolute Gasteiger partial charge is 0.450 e. The Hall–Kier alpha value is -5.24. The zero-order valence-electron chi connectivity index (χ0n) is 49.1. The van der Waals surface area contributed by atoms with Crippen LogP contribution in [0.4, 0.5) is 22.5 Å². The van der Waals surface area contributed by atoms with E-state index in [0.717, 1.165) is 39.3 Å². The number of anilines is 1. The number of benzene rings is 4. The number of nitrogens with zero attached hydrogens (tertiary/aromatic N) is 1. The van der Waals surface area contributed by atoms with Crippen LogP contribution in [-0.2, 0) is 37.7 Å². The molecule has 3 heterocycles. The van der Waals surface area contributed by atoms with E-state index in [1.165, 1.54) is 0 Å². The number of hydrogen-bond donors (Lipinski definition) is 3. The largest absolute Gasteiger partial charge is 0.494 e. The number of halogens is 3. The molecule has 4 aromatic carbocycles. The molecule has 3 N–H and O–H groups in total. The Morgan fingerprint density at radius 1 is 0.593 bits per heavy atom. The molecule has 2 aliphatic rings. The van der Waals surface area contributed by atoms with E-state index in [9.17, 15) is 26.4 Å². The van der Waals surface area contributed by atoms with Gasteiger partial charge in [-0.2, -0.15) is 2.86 Å². The summed E-state index contributed by atoms with van der Waals surface area (Å²) in [4.78, 5) is 55.9. The minimum absolute atomic E-state index is 0. The van der Waals surface area contributed by atoms with Gasteiger partial charge in [-0.05, 0) is 125 Å². The molecule has 2 saturated heterocycles. The third-order valence-corrected chi connectivity index (χ3v) is 17.6. The fourth-order valence-electron chi connectivity index (χ4n) is 7.94. The van der Waals surface area contributed by atoms with E-state index in [1.807, 2.05) is 134 Å². The molecule has 15 nitrogen and oxygen atoms in total. The van der Waals surface area contributed by atoms with Gasteiger partial charge in [-0.1, -0.05) is 120 Å². The highest BCUT2D eigenvalue weighted by molar-refractivity contribution is 14.1. The van der Waals surface area contributed by atoms with E-state index < -0.39 is 82.8 Å². The number of ether oxygens (including phenoxy) is 3. The number of hydrogen-bond acceptors (Lipinski definition) is 12. The van der Waals surface area contributed by atoms with Crippen LogP contribution in [0, 0.1) is 0 Å². The summed E-state index contributed by atoms with van der Waals surface area (Å²) in [5.74, 6) is -1.72. The predicted molar refractivity (Wildman–Crippen MR) is 336 cm³/mol. The molecule has 3 amide bonds. The van der Waals surface area contributed by atoms with E-state index in [1.54, 1.807) is 36.7 Å². The van der Waals surface area contributed by atoms with Crippen molar-refractivity contribution in [1.82, 2.24) is 15.6 Å². The quantitative estimate of drug-likeness (QED) is 0.0327. The third-order valence-electron chi connectivity index (χ3n) is 14.2. The van der Waals surface area contributed by atoms with Gasteiger partial charge in [-0.3, -0.25) is 19.0 Å². The number of amides is 3. The Bertz CT molecular complexity index is 2790. The number of para-hydroxylation sites is 1.